The van der Waals surface area contributed by atoms with Crippen LogP contribution in [0.25, 0.3) is 0 Å². The summed E-state index contributed by atoms with van der Waals surface area (Å²) in [5, 5.41) is 12.5. The number of aromatic nitrogens is 2. The first kappa shape index (κ1) is 15.6. The van der Waals surface area contributed by atoms with Gasteiger partial charge in [0, 0.05) is 20.2 Å². The van der Waals surface area contributed by atoms with E-state index in [1.165, 1.54) is 30.9 Å². The van der Waals surface area contributed by atoms with Crippen molar-refractivity contribution in [3.8, 4) is 0 Å². The van der Waals surface area contributed by atoms with E-state index in [1.54, 1.807) is 0 Å². The average Bonchev–Trinajstić information content (AvgIpc) is 2.74. The van der Waals surface area contributed by atoms with Crippen LogP contribution >= 0.6 is 0 Å². The van der Waals surface area contributed by atoms with Gasteiger partial charge in [0.2, 0.25) is 5.91 Å². The lowest BCUT2D eigenvalue weighted by molar-refractivity contribution is -0.114. The number of nitrogens with one attached hydrogen (secondary N) is 1. The minimum Gasteiger partial charge on any atom is -0.388 e. The van der Waals surface area contributed by atoms with Gasteiger partial charge < -0.3 is 19.9 Å². The molecule has 2 N–H and O–H groups in total. The Morgan fingerprint density at radius 3 is 2.86 bits per heavy atom. The molecule has 0 bridgehead atoms. The maximum absolute atomic E-state index is 12.1. The van der Waals surface area contributed by atoms with Crippen LogP contribution in [0.5, 0.6) is 0 Å². The molecule has 1 saturated heterocycles. The number of aliphatic hydroxyl groups is 1. The predicted octanol–water partition coefficient (Wildman–Crippen LogP) is -0.115. The number of methoxy groups -OCH3 is 1. The van der Waals surface area contributed by atoms with Crippen molar-refractivity contribution < 1.29 is 19.4 Å². The van der Waals surface area contributed by atoms with E-state index in [1.807, 2.05) is 6.92 Å². The lowest BCUT2D eigenvalue weighted by Crippen LogP contribution is -2.37. The summed E-state index contributed by atoms with van der Waals surface area (Å²) in [5.41, 5.74) is -0.586. The summed E-state index contributed by atoms with van der Waals surface area (Å²) in [6.45, 7) is 3.21. The van der Waals surface area contributed by atoms with Gasteiger partial charge in [-0.1, -0.05) is 6.92 Å². The molecule has 2 heterocycles. The molecule has 1 aliphatic heterocycles. The molecule has 1 amide bonds. The molecule has 8 heteroatoms. The standard InChI is InChI=1S/C13H19N3O5/c1-4-8-10(18)11(20-3)12(21-8)16-6-5-9(14-7(2)17)15-13(16)19/h5-6,8,10-12,18H,4H2,1-3H3,(H,14,15,17,19)/t8-,10+,11?,12-/m1/s1. The Hall–Kier alpha value is -1.77. The first-order valence-electron chi connectivity index (χ1n) is 6.71. The number of carbonyl (C=O) groups excluding carboxylic acids is 1. The monoisotopic (exact) mass is 297 g/mol. The quantitative estimate of drug-likeness (QED) is 0.803. The molecule has 0 radical (unpaired) electrons. The summed E-state index contributed by atoms with van der Waals surface area (Å²) >= 11 is 0. The Morgan fingerprint density at radius 2 is 2.33 bits per heavy atom. The molecule has 116 valence electrons. The van der Waals surface area contributed by atoms with E-state index in [2.05, 4.69) is 10.3 Å². The van der Waals surface area contributed by atoms with Crippen LogP contribution in [0.3, 0.4) is 0 Å². The molecule has 1 aromatic rings. The highest BCUT2D eigenvalue weighted by molar-refractivity contribution is 5.87. The maximum atomic E-state index is 12.1. The van der Waals surface area contributed by atoms with E-state index in [-0.39, 0.29) is 11.7 Å². The molecule has 0 spiro atoms. The summed E-state index contributed by atoms with van der Waals surface area (Å²) in [6, 6.07) is 1.49. The number of amides is 1. The topological polar surface area (TPSA) is 103 Å². The predicted molar refractivity (Wildman–Crippen MR) is 73.8 cm³/mol. The molecular weight excluding hydrogens is 278 g/mol. The minimum atomic E-state index is -0.813. The molecule has 21 heavy (non-hydrogen) atoms. The van der Waals surface area contributed by atoms with Crippen LogP contribution in [0.15, 0.2) is 17.1 Å². The molecule has 2 rings (SSSR count). The second-order valence-electron chi connectivity index (χ2n) is 4.85. The zero-order chi connectivity index (χ0) is 15.6. The van der Waals surface area contributed by atoms with Gasteiger partial charge in [-0.15, -0.1) is 0 Å². The third-order valence-corrected chi connectivity index (χ3v) is 3.40. The second-order valence-corrected chi connectivity index (χ2v) is 4.85. The number of hydrogen-bond donors (Lipinski definition) is 2. The summed E-state index contributed by atoms with van der Waals surface area (Å²) in [4.78, 5) is 26.8. The van der Waals surface area contributed by atoms with Crippen molar-refractivity contribution in [2.24, 2.45) is 0 Å². The number of rotatable bonds is 4. The van der Waals surface area contributed by atoms with E-state index in [0.29, 0.717) is 6.42 Å². The molecule has 1 fully saturated rings. The first-order valence-corrected chi connectivity index (χ1v) is 6.71. The normalized spacial score (nSPS) is 28.6. The van der Waals surface area contributed by atoms with Gasteiger partial charge in [-0.25, -0.2) is 4.79 Å². The van der Waals surface area contributed by atoms with Crippen molar-refractivity contribution in [3.63, 3.8) is 0 Å². The fourth-order valence-corrected chi connectivity index (χ4v) is 2.39. The Balaban J connectivity index is 2.29. The smallest absolute Gasteiger partial charge is 0.351 e. The minimum absolute atomic E-state index is 0.170. The SMILES string of the molecule is CC[C@H]1O[C@@H](n2ccc(NC(C)=O)nc2=O)C(OC)[C@H]1O. The number of nitrogens with zero attached hydrogens (tertiary/aromatic N) is 2. The van der Waals surface area contributed by atoms with Gasteiger partial charge >= 0.3 is 5.69 Å². The molecule has 1 aliphatic rings. The summed E-state index contributed by atoms with van der Waals surface area (Å²) in [7, 11) is 1.45. The van der Waals surface area contributed by atoms with E-state index in [9.17, 15) is 14.7 Å². The van der Waals surface area contributed by atoms with Crippen LogP contribution in [0.2, 0.25) is 0 Å². The van der Waals surface area contributed by atoms with Crippen LogP contribution in [0, 0.1) is 0 Å². The van der Waals surface area contributed by atoms with Crippen molar-refractivity contribution >= 4 is 11.7 Å². The van der Waals surface area contributed by atoms with Crippen molar-refractivity contribution in [3.05, 3.63) is 22.7 Å². The molecule has 4 atom stereocenters. The van der Waals surface area contributed by atoms with Gasteiger partial charge in [0.25, 0.3) is 0 Å². The summed E-state index contributed by atoms with van der Waals surface area (Å²) < 4.78 is 12.2. The summed E-state index contributed by atoms with van der Waals surface area (Å²) in [5.74, 6) is -0.142. The number of ether oxygens (including phenoxy) is 2. The lowest BCUT2D eigenvalue weighted by atomic mass is 10.1. The van der Waals surface area contributed by atoms with Crippen molar-refractivity contribution in [1.82, 2.24) is 9.55 Å². The fourth-order valence-electron chi connectivity index (χ4n) is 2.39. The molecule has 8 nitrogen and oxygen atoms in total. The zero-order valence-corrected chi connectivity index (χ0v) is 12.1. The van der Waals surface area contributed by atoms with Gasteiger partial charge in [-0.05, 0) is 12.5 Å². The van der Waals surface area contributed by atoms with Crippen LogP contribution in [0.4, 0.5) is 5.82 Å². The zero-order valence-electron chi connectivity index (χ0n) is 12.1. The Morgan fingerprint density at radius 1 is 1.62 bits per heavy atom. The molecular formula is C13H19N3O5. The molecule has 0 aliphatic carbocycles. The number of hydrogen-bond acceptors (Lipinski definition) is 6. The molecule has 1 unspecified atom stereocenters. The van der Waals surface area contributed by atoms with Crippen molar-refractivity contribution in [1.29, 1.82) is 0 Å². The molecule has 0 aromatic carbocycles. The Bertz CT molecular complexity index is 573. The lowest BCUT2D eigenvalue weighted by Gasteiger charge is -2.20. The average molecular weight is 297 g/mol. The third kappa shape index (κ3) is 3.12. The van der Waals surface area contributed by atoms with E-state index >= 15 is 0 Å². The van der Waals surface area contributed by atoms with Crippen LogP contribution < -0.4 is 11.0 Å². The van der Waals surface area contributed by atoms with E-state index < -0.39 is 30.2 Å². The van der Waals surface area contributed by atoms with Gasteiger partial charge in [0.15, 0.2) is 6.23 Å². The molecule has 1 aromatic heterocycles. The summed E-state index contributed by atoms with van der Waals surface area (Å²) in [6.07, 6.45) is -0.553. The van der Waals surface area contributed by atoms with Gasteiger partial charge in [0.05, 0.1) is 6.10 Å². The van der Waals surface area contributed by atoms with Crippen LogP contribution in [0.1, 0.15) is 26.5 Å². The van der Waals surface area contributed by atoms with Gasteiger partial charge in [-0.2, -0.15) is 4.98 Å². The largest absolute Gasteiger partial charge is 0.388 e. The van der Waals surface area contributed by atoms with E-state index in [4.69, 9.17) is 9.47 Å². The highest BCUT2D eigenvalue weighted by Gasteiger charge is 2.44. The highest BCUT2D eigenvalue weighted by Crippen LogP contribution is 2.31. The van der Waals surface area contributed by atoms with Crippen LogP contribution in [-0.2, 0) is 14.3 Å². The highest BCUT2D eigenvalue weighted by atomic mass is 16.6. The van der Waals surface area contributed by atoms with Crippen molar-refractivity contribution in [2.45, 2.75) is 44.8 Å². The van der Waals surface area contributed by atoms with E-state index in [0.717, 1.165) is 0 Å². The maximum Gasteiger partial charge on any atom is 0.351 e. The number of carbonyl (C=O) groups is 1. The first-order chi connectivity index (χ1) is 9.97. The van der Waals surface area contributed by atoms with Crippen molar-refractivity contribution in [2.75, 3.05) is 12.4 Å². The number of aliphatic hydroxyl groups excluding tert-OH is 1. The van der Waals surface area contributed by atoms with Gasteiger partial charge in [0.1, 0.15) is 18.0 Å². The molecule has 0 saturated carbocycles. The van der Waals surface area contributed by atoms with Crippen LogP contribution in [-0.4, -0.2) is 46.0 Å². The number of anilines is 1. The third-order valence-electron chi connectivity index (χ3n) is 3.40. The second kappa shape index (κ2) is 6.33. The Kier molecular flexibility index (Phi) is 4.71. The van der Waals surface area contributed by atoms with Gasteiger partial charge in [-0.3, -0.25) is 9.36 Å². The fraction of sp³-hybridized carbons (Fsp3) is 0.615. The Labute approximate surface area is 121 Å².